The molecule has 0 bridgehead atoms. The first-order valence-corrected chi connectivity index (χ1v) is 8.50. The number of hydrogen-bond donors (Lipinski definition) is 0. The Bertz CT molecular complexity index is 953. The molecule has 1 saturated heterocycles. The first-order valence-electron chi connectivity index (χ1n) is 8.50. The number of rotatable bonds is 3. The lowest BCUT2D eigenvalue weighted by molar-refractivity contribution is 0.0745. The van der Waals surface area contributed by atoms with Gasteiger partial charge in [-0.05, 0) is 35.5 Å². The summed E-state index contributed by atoms with van der Waals surface area (Å²) in [7, 11) is 0. The molecule has 1 aromatic heterocycles. The van der Waals surface area contributed by atoms with Gasteiger partial charge in [-0.1, -0.05) is 18.2 Å². The highest BCUT2D eigenvalue weighted by Gasteiger charge is 2.25. The molecule has 1 aliphatic rings. The van der Waals surface area contributed by atoms with Crippen molar-refractivity contribution in [3.05, 3.63) is 65.7 Å². The molecule has 138 valence electrons. The lowest BCUT2D eigenvalue weighted by atomic mass is 10.1. The van der Waals surface area contributed by atoms with Gasteiger partial charge in [-0.2, -0.15) is 4.98 Å². The van der Waals surface area contributed by atoms with E-state index in [1.165, 1.54) is 6.07 Å². The van der Waals surface area contributed by atoms with Gasteiger partial charge >= 0.3 is 0 Å². The quantitative estimate of drug-likeness (QED) is 0.709. The first kappa shape index (κ1) is 17.1. The van der Waals surface area contributed by atoms with Crippen molar-refractivity contribution < 1.29 is 18.1 Å². The number of carbonyl (C=O) groups excluding carboxylic acids is 1. The van der Waals surface area contributed by atoms with Crippen LogP contribution in [0.15, 0.2) is 53.1 Å². The van der Waals surface area contributed by atoms with E-state index in [4.69, 9.17) is 4.52 Å². The van der Waals surface area contributed by atoms with Crippen LogP contribution >= 0.6 is 0 Å². The van der Waals surface area contributed by atoms with Gasteiger partial charge in [0.15, 0.2) is 11.6 Å². The number of anilines is 1. The summed E-state index contributed by atoms with van der Waals surface area (Å²) in [5.74, 6) is -1.42. The van der Waals surface area contributed by atoms with Crippen molar-refractivity contribution in [3.63, 3.8) is 0 Å². The molecule has 0 spiro atoms. The second-order valence-electron chi connectivity index (χ2n) is 6.17. The third-order valence-corrected chi connectivity index (χ3v) is 4.45. The van der Waals surface area contributed by atoms with E-state index in [0.29, 0.717) is 38.0 Å². The summed E-state index contributed by atoms with van der Waals surface area (Å²) in [6.07, 6.45) is 0. The molecule has 2 heterocycles. The average Bonchev–Trinajstić information content (AvgIpc) is 3.21. The van der Waals surface area contributed by atoms with Crippen LogP contribution < -0.4 is 4.90 Å². The highest BCUT2D eigenvalue weighted by Crippen LogP contribution is 2.21. The molecule has 0 saturated carbocycles. The summed E-state index contributed by atoms with van der Waals surface area (Å²) in [4.78, 5) is 20.4. The van der Waals surface area contributed by atoms with Crippen LogP contribution in [0.4, 0.5) is 14.7 Å². The Balaban J connectivity index is 1.41. The zero-order valence-electron chi connectivity index (χ0n) is 14.3. The van der Waals surface area contributed by atoms with E-state index in [1.807, 2.05) is 35.2 Å². The molecule has 4 rings (SSSR count). The number of amides is 1. The number of halogens is 2. The normalized spacial score (nSPS) is 14.4. The molecule has 8 heteroatoms. The Morgan fingerprint density at radius 3 is 2.41 bits per heavy atom. The number of nitrogens with zero attached hydrogens (tertiary/aromatic N) is 4. The van der Waals surface area contributed by atoms with Crippen LogP contribution in [0.5, 0.6) is 0 Å². The Labute approximate surface area is 154 Å². The Morgan fingerprint density at radius 1 is 0.963 bits per heavy atom. The zero-order chi connectivity index (χ0) is 18.8. The topological polar surface area (TPSA) is 62.5 Å². The number of piperazine rings is 1. The molecule has 0 radical (unpaired) electrons. The third-order valence-electron chi connectivity index (χ3n) is 4.45. The summed E-state index contributed by atoms with van der Waals surface area (Å²) in [5, 5.41) is 4.01. The van der Waals surface area contributed by atoms with Crippen molar-refractivity contribution in [1.82, 2.24) is 15.0 Å². The molecule has 1 fully saturated rings. The standard InChI is InChI=1S/C19H16F2N4O2/c20-15-7-6-14(12-16(15)21)18(26)24-8-10-25(11-9-24)19-22-17(27-23-19)13-4-2-1-3-5-13/h1-7,12H,8-11H2. The van der Waals surface area contributed by atoms with Crippen LogP contribution in [0.3, 0.4) is 0 Å². The molecule has 27 heavy (non-hydrogen) atoms. The van der Waals surface area contributed by atoms with E-state index in [2.05, 4.69) is 10.1 Å². The molecule has 3 aromatic rings. The van der Waals surface area contributed by atoms with Crippen molar-refractivity contribution in [2.45, 2.75) is 0 Å². The van der Waals surface area contributed by atoms with Crippen LogP contribution in [0.25, 0.3) is 11.5 Å². The minimum atomic E-state index is -1.03. The number of hydrogen-bond acceptors (Lipinski definition) is 5. The SMILES string of the molecule is O=C(c1ccc(F)c(F)c1)N1CCN(c2noc(-c3ccccc3)n2)CC1. The fourth-order valence-corrected chi connectivity index (χ4v) is 2.96. The van der Waals surface area contributed by atoms with Gasteiger partial charge in [0.05, 0.1) is 0 Å². The molecule has 0 atom stereocenters. The van der Waals surface area contributed by atoms with Crippen molar-refractivity contribution in [2.75, 3.05) is 31.1 Å². The smallest absolute Gasteiger partial charge is 0.266 e. The number of benzene rings is 2. The van der Waals surface area contributed by atoms with E-state index >= 15 is 0 Å². The van der Waals surface area contributed by atoms with Gasteiger partial charge in [0.2, 0.25) is 0 Å². The van der Waals surface area contributed by atoms with E-state index in [-0.39, 0.29) is 11.5 Å². The second kappa shape index (κ2) is 7.14. The lowest BCUT2D eigenvalue weighted by Crippen LogP contribution is -2.49. The van der Waals surface area contributed by atoms with Gasteiger partial charge in [0.25, 0.3) is 17.7 Å². The summed E-state index contributed by atoms with van der Waals surface area (Å²) in [5.41, 5.74) is 0.969. The largest absolute Gasteiger partial charge is 0.335 e. The van der Waals surface area contributed by atoms with Crippen molar-refractivity contribution in [1.29, 1.82) is 0 Å². The summed E-state index contributed by atoms with van der Waals surface area (Å²) < 4.78 is 31.7. The van der Waals surface area contributed by atoms with E-state index in [9.17, 15) is 13.6 Å². The van der Waals surface area contributed by atoms with Crippen LogP contribution in [-0.4, -0.2) is 47.1 Å². The van der Waals surface area contributed by atoms with E-state index < -0.39 is 11.6 Å². The highest BCUT2D eigenvalue weighted by atomic mass is 19.2. The monoisotopic (exact) mass is 370 g/mol. The highest BCUT2D eigenvalue weighted by molar-refractivity contribution is 5.94. The molecule has 6 nitrogen and oxygen atoms in total. The fourth-order valence-electron chi connectivity index (χ4n) is 2.96. The van der Waals surface area contributed by atoms with Gasteiger partial charge in [0, 0.05) is 37.3 Å². The van der Waals surface area contributed by atoms with Crippen molar-refractivity contribution in [3.8, 4) is 11.5 Å². The molecule has 0 N–H and O–H groups in total. The number of aromatic nitrogens is 2. The fraction of sp³-hybridized carbons (Fsp3) is 0.211. The van der Waals surface area contributed by atoms with Gasteiger partial charge in [-0.25, -0.2) is 8.78 Å². The Morgan fingerprint density at radius 2 is 1.70 bits per heavy atom. The first-order chi connectivity index (χ1) is 13.1. The van der Waals surface area contributed by atoms with Crippen LogP contribution in [-0.2, 0) is 0 Å². The average molecular weight is 370 g/mol. The van der Waals surface area contributed by atoms with Crippen LogP contribution in [0, 0.1) is 11.6 Å². The van der Waals surface area contributed by atoms with Gasteiger partial charge < -0.3 is 14.3 Å². The van der Waals surface area contributed by atoms with Gasteiger partial charge in [-0.15, -0.1) is 0 Å². The summed E-state index contributed by atoms with van der Waals surface area (Å²) in [6.45, 7) is 1.88. The molecule has 0 aliphatic carbocycles. The van der Waals surface area contributed by atoms with Crippen LogP contribution in [0.1, 0.15) is 10.4 Å². The van der Waals surface area contributed by atoms with E-state index in [1.54, 1.807) is 4.90 Å². The number of carbonyl (C=O) groups is 1. The zero-order valence-corrected chi connectivity index (χ0v) is 14.3. The predicted molar refractivity (Wildman–Crippen MR) is 94.2 cm³/mol. The van der Waals surface area contributed by atoms with E-state index in [0.717, 1.165) is 17.7 Å². The van der Waals surface area contributed by atoms with Crippen molar-refractivity contribution >= 4 is 11.9 Å². The summed E-state index contributed by atoms with van der Waals surface area (Å²) in [6, 6.07) is 12.6. The Hall–Kier alpha value is -3.29. The molecular formula is C19H16F2N4O2. The van der Waals surface area contributed by atoms with Crippen molar-refractivity contribution in [2.24, 2.45) is 0 Å². The summed E-state index contributed by atoms with van der Waals surface area (Å²) >= 11 is 0. The molecule has 2 aromatic carbocycles. The molecule has 0 unspecified atom stereocenters. The maximum Gasteiger partial charge on any atom is 0.266 e. The maximum atomic E-state index is 13.4. The van der Waals surface area contributed by atoms with Crippen LogP contribution in [0.2, 0.25) is 0 Å². The minimum absolute atomic E-state index is 0.133. The lowest BCUT2D eigenvalue weighted by Gasteiger charge is -2.33. The van der Waals surface area contributed by atoms with Gasteiger partial charge in [0.1, 0.15) is 0 Å². The van der Waals surface area contributed by atoms with Gasteiger partial charge in [-0.3, -0.25) is 4.79 Å². The predicted octanol–water partition coefficient (Wildman–Crippen LogP) is 2.98. The Kier molecular flexibility index (Phi) is 4.53. The molecule has 1 amide bonds. The maximum absolute atomic E-state index is 13.4. The third kappa shape index (κ3) is 3.51. The second-order valence-corrected chi connectivity index (χ2v) is 6.17. The molecular weight excluding hydrogens is 354 g/mol. The minimum Gasteiger partial charge on any atom is -0.335 e. The molecule has 1 aliphatic heterocycles.